The monoisotopic (exact) mass is 225 g/mol. The zero-order chi connectivity index (χ0) is 10.0. The van der Waals surface area contributed by atoms with Crippen molar-refractivity contribution in [1.82, 2.24) is 0 Å². The summed E-state index contributed by atoms with van der Waals surface area (Å²) < 4.78 is 0. The van der Waals surface area contributed by atoms with Crippen LogP contribution in [0.25, 0.3) is 0 Å². The van der Waals surface area contributed by atoms with Crippen LogP contribution in [-0.4, -0.2) is 35.1 Å². The average molecular weight is 225 g/mol. The van der Waals surface area contributed by atoms with E-state index in [-0.39, 0.29) is 41.5 Å². The number of hydrogen-bond acceptors (Lipinski definition) is 3. The Kier molecular flexibility index (Phi) is 18.6. The SMILES string of the molecule is CC(CO)(CO)CO.[CH2-]CCC.[Ti]. The molecule has 0 fully saturated rings. The maximum atomic E-state index is 8.47. The Hall–Kier alpha value is 0.594. The van der Waals surface area contributed by atoms with E-state index in [9.17, 15) is 0 Å². The van der Waals surface area contributed by atoms with Crippen LogP contribution < -0.4 is 0 Å². The largest absolute Gasteiger partial charge is 0.396 e. The zero-order valence-corrected chi connectivity index (χ0v) is 10.1. The Labute approximate surface area is 96.1 Å². The van der Waals surface area contributed by atoms with Gasteiger partial charge in [0.05, 0.1) is 19.8 Å². The molecule has 80 valence electrons. The van der Waals surface area contributed by atoms with E-state index in [1.807, 2.05) is 0 Å². The normalized spacial score (nSPS) is 9.69. The van der Waals surface area contributed by atoms with Crippen LogP contribution in [0.1, 0.15) is 26.7 Å². The minimum absolute atomic E-state index is 0. The minimum atomic E-state index is -0.708. The molecule has 0 aliphatic rings. The third kappa shape index (κ3) is 12.6. The van der Waals surface area contributed by atoms with E-state index >= 15 is 0 Å². The quantitative estimate of drug-likeness (QED) is 0.484. The van der Waals surface area contributed by atoms with Crippen molar-refractivity contribution in [3.63, 3.8) is 0 Å². The van der Waals surface area contributed by atoms with Gasteiger partial charge in [0.15, 0.2) is 0 Å². The fourth-order valence-corrected chi connectivity index (χ4v) is 0.150. The predicted molar refractivity (Wildman–Crippen MR) is 49.6 cm³/mol. The molecule has 0 amide bonds. The summed E-state index contributed by atoms with van der Waals surface area (Å²) in [5.74, 6) is 0. The topological polar surface area (TPSA) is 60.7 Å². The first-order valence-corrected chi connectivity index (χ1v) is 4.22. The van der Waals surface area contributed by atoms with Gasteiger partial charge in [-0.1, -0.05) is 20.3 Å². The van der Waals surface area contributed by atoms with E-state index in [1.54, 1.807) is 6.92 Å². The summed E-state index contributed by atoms with van der Waals surface area (Å²) in [4.78, 5) is 0. The van der Waals surface area contributed by atoms with Crippen LogP contribution in [0.2, 0.25) is 0 Å². The van der Waals surface area contributed by atoms with Crippen molar-refractivity contribution in [2.75, 3.05) is 19.8 Å². The van der Waals surface area contributed by atoms with Gasteiger partial charge in [0.25, 0.3) is 0 Å². The molecular weight excluding hydrogens is 204 g/mol. The third-order valence-electron chi connectivity index (χ3n) is 1.50. The van der Waals surface area contributed by atoms with Crippen molar-refractivity contribution in [2.24, 2.45) is 5.41 Å². The molecule has 0 radical (unpaired) electrons. The second-order valence-corrected chi connectivity index (χ2v) is 3.14. The van der Waals surface area contributed by atoms with Crippen molar-refractivity contribution in [3.05, 3.63) is 6.92 Å². The molecule has 0 aliphatic heterocycles. The summed E-state index contributed by atoms with van der Waals surface area (Å²) in [6.07, 6.45) is 2.28. The molecule has 0 aromatic carbocycles. The number of hydrogen-bond donors (Lipinski definition) is 3. The van der Waals surface area contributed by atoms with Crippen molar-refractivity contribution in [1.29, 1.82) is 0 Å². The standard InChI is InChI=1S/C5H12O3.C4H9.Ti/c1-5(2-6,3-7)4-8;1-3-4-2;/h6-8H,2-4H2,1H3;1,3-4H2,2H3;/q;-1;. The molecule has 0 bridgehead atoms. The van der Waals surface area contributed by atoms with Gasteiger partial charge >= 0.3 is 0 Å². The summed E-state index contributed by atoms with van der Waals surface area (Å²) in [5.41, 5.74) is -0.708. The predicted octanol–water partition coefficient (Wildman–Crippen LogP) is 0.588. The molecule has 0 aromatic rings. The molecule has 0 saturated carbocycles. The molecule has 4 heteroatoms. The van der Waals surface area contributed by atoms with Crippen LogP contribution in [0.4, 0.5) is 0 Å². The van der Waals surface area contributed by atoms with Gasteiger partial charge in [0.1, 0.15) is 0 Å². The van der Waals surface area contributed by atoms with Gasteiger partial charge in [-0.3, -0.25) is 0 Å². The molecule has 3 nitrogen and oxygen atoms in total. The summed E-state index contributed by atoms with van der Waals surface area (Å²) in [6, 6.07) is 0. The third-order valence-corrected chi connectivity index (χ3v) is 1.50. The second-order valence-electron chi connectivity index (χ2n) is 3.14. The van der Waals surface area contributed by atoms with Gasteiger partial charge in [0, 0.05) is 27.1 Å². The van der Waals surface area contributed by atoms with Gasteiger partial charge < -0.3 is 22.2 Å². The molecule has 0 saturated heterocycles. The van der Waals surface area contributed by atoms with E-state index in [1.165, 1.54) is 6.42 Å². The van der Waals surface area contributed by atoms with Gasteiger partial charge in [0.2, 0.25) is 0 Å². The summed E-state index contributed by atoms with van der Waals surface area (Å²) in [6.45, 7) is 6.78. The average Bonchev–Trinajstić information content (AvgIpc) is 2.17. The summed E-state index contributed by atoms with van der Waals surface area (Å²) in [7, 11) is 0. The van der Waals surface area contributed by atoms with E-state index in [0.29, 0.717) is 0 Å². The van der Waals surface area contributed by atoms with E-state index in [2.05, 4.69) is 13.8 Å². The summed E-state index contributed by atoms with van der Waals surface area (Å²) in [5, 5.41) is 25.4. The molecular formula is C9H21O3Ti-. The number of aliphatic hydroxyl groups excluding tert-OH is 3. The van der Waals surface area contributed by atoms with Crippen molar-refractivity contribution < 1.29 is 37.0 Å². The Balaban J connectivity index is -0.000000173. The molecule has 0 atom stereocenters. The molecule has 13 heavy (non-hydrogen) atoms. The van der Waals surface area contributed by atoms with E-state index in [0.717, 1.165) is 6.42 Å². The summed E-state index contributed by atoms with van der Waals surface area (Å²) >= 11 is 0. The first kappa shape index (κ1) is 19.2. The van der Waals surface area contributed by atoms with E-state index in [4.69, 9.17) is 15.3 Å². The van der Waals surface area contributed by atoms with Gasteiger partial charge in [-0.2, -0.15) is 6.42 Å². The maximum Gasteiger partial charge on any atom is 0.0528 e. The van der Waals surface area contributed by atoms with Crippen LogP contribution in [0, 0.1) is 12.3 Å². The fraction of sp³-hybridized carbons (Fsp3) is 0.889. The minimum Gasteiger partial charge on any atom is -0.396 e. The first-order valence-electron chi connectivity index (χ1n) is 4.22. The number of aliphatic hydroxyl groups is 3. The van der Waals surface area contributed by atoms with Crippen LogP contribution >= 0.6 is 0 Å². The Morgan fingerprint density at radius 1 is 1.08 bits per heavy atom. The maximum absolute atomic E-state index is 8.47. The van der Waals surface area contributed by atoms with Crippen molar-refractivity contribution in [3.8, 4) is 0 Å². The van der Waals surface area contributed by atoms with Crippen LogP contribution in [-0.2, 0) is 21.7 Å². The zero-order valence-electron chi connectivity index (χ0n) is 8.58. The van der Waals surface area contributed by atoms with Crippen LogP contribution in [0.5, 0.6) is 0 Å². The second kappa shape index (κ2) is 12.6. The Bertz CT molecular complexity index is 74.7. The van der Waals surface area contributed by atoms with E-state index < -0.39 is 5.41 Å². The number of unbranched alkanes of at least 4 members (excludes halogenated alkanes) is 1. The van der Waals surface area contributed by atoms with Crippen LogP contribution in [0.3, 0.4) is 0 Å². The molecule has 0 spiro atoms. The van der Waals surface area contributed by atoms with Gasteiger partial charge in [-0.15, -0.1) is 0 Å². The van der Waals surface area contributed by atoms with Crippen LogP contribution in [0.15, 0.2) is 0 Å². The molecule has 0 unspecified atom stereocenters. The Morgan fingerprint density at radius 2 is 1.31 bits per heavy atom. The smallest absolute Gasteiger partial charge is 0.0528 e. The molecule has 3 N–H and O–H groups in total. The van der Waals surface area contributed by atoms with Gasteiger partial charge in [-0.25, -0.2) is 0 Å². The van der Waals surface area contributed by atoms with Gasteiger partial charge in [-0.05, 0) is 0 Å². The van der Waals surface area contributed by atoms with Crippen molar-refractivity contribution >= 4 is 0 Å². The molecule has 0 aliphatic carbocycles. The number of rotatable bonds is 4. The molecule has 0 aromatic heterocycles. The molecule has 0 rings (SSSR count). The molecule has 0 heterocycles. The Morgan fingerprint density at radius 3 is 1.31 bits per heavy atom. The fourth-order valence-electron chi connectivity index (χ4n) is 0.150. The van der Waals surface area contributed by atoms with Crippen molar-refractivity contribution in [2.45, 2.75) is 26.7 Å². The first-order chi connectivity index (χ1) is 5.60.